The van der Waals surface area contributed by atoms with Crippen molar-refractivity contribution in [3.05, 3.63) is 29.6 Å². The molecule has 1 aromatic rings. The van der Waals surface area contributed by atoms with Gasteiger partial charge in [-0.15, -0.1) is 0 Å². The summed E-state index contributed by atoms with van der Waals surface area (Å²) in [5, 5.41) is 0. The van der Waals surface area contributed by atoms with Crippen molar-refractivity contribution in [2.24, 2.45) is 5.92 Å². The third-order valence-corrected chi connectivity index (χ3v) is 6.60. The summed E-state index contributed by atoms with van der Waals surface area (Å²) in [4.78, 5) is 11.7. The van der Waals surface area contributed by atoms with E-state index in [9.17, 15) is 9.18 Å². The zero-order valence-electron chi connectivity index (χ0n) is 17.7. The molecule has 1 aliphatic heterocycles. The van der Waals surface area contributed by atoms with Crippen LogP contribution in [0.4, 0.5) is 4.39 Å². The molecule has 0 N–H and O–H groups in total. The van der Waals surface area contributed by atoms with E-state index in [1.54, 1.807) is 6.07 Å². The van der Waals surface area contributed by atoms with Crippen molar-refractivity contribution in [3.63, 3.8) is 0 Å². The molecule has 28 heavy (non-hydrogen) atoms. The van der Waals surface area contributed by atoms with Crippen molar-refractivity contribution in [2.45, 2.75) is 83.8 Å². The summed E-state index contributed by atoms with van der Waals surface area (Å²) in [6.45, 7) is 10.2. The maximum atomic E-state index is 14.9. The second-order valence-corrected chi connectivity index (χ2v) is 9.10. The van der Waals surface area contributed by atoms with Crippen LogP contribution in [0.3, 0.4) is 0 Å². The number of carbonyl (C=O) groups excluding carboxylic acids is 1. The van der Waals surface area contributed by atoms with E-state index < -0.39 is 18.3 Å². The molecule has 0 atom stereocenters. The molecule has 154 valence electrons. The summed E-state index contributed by atoms with van der Waals surface area (Å²) < 4.78 is 32.0. The average molecular weight is 390 g/mol. The number of hydrogen-bond acceptors (Lipinski definition) is 4. The lowest BCUT2D eigenvalue weighted by molar-refractivity contribution is -0.144. The maximum Gasteiger partial charge on any atom is 0.494 e. The summed E-state index contributed by atoms with van der Waals surface area (Å²) in [5.74, 6) is 0.234. The Kier molecular flexibility index (Phi) is 6.21. The van der Waals surface area contributed by atoms with Gasteiger partial charge in [0.2, 0.25) is 0 Å². The number of benzene rings is 1. The van der Waals surface area contributed by atoms with Crippen molar-refractivity contribution in [1.29, 1.82) is 0 Å². The Morgan fingerprint density at radius 1 is 1.14 bits per heavy atom. The molecule has 4 nitrogen and oxygen atoms in total. The molecule has 1 saturated carbocycles. The first-order valence-electron chi connectivity index (χ1n) is 10.4. The van der Waals surface area contributed by atoms with Gasteiger partial charge < -0.3 is 14.0 Å². The summed E-state index contributed by atoms with van der Waals surface area (Å²) in [5.41, 5.74) is 0.597. The fraction of sp³-hybridized carbons (Fsp3) is 0.682. The van der Waals surface area contributed by atoms with E-state index in [-0.39, 0.29) is 17.7 Å². The van der Waals surface area contributed by atoms with Gasteiger partial charge in [0.25, 0.3) is 0 Å². The Hall–Kier alpha value is -1.40. The first-order chi connectivity index (χ1) is 13.1. The molecule has 0 amide bonds. The molecule has 1 saturated heterocycles. The van der Waals surface area contributed by atoms with Crippen molar-refractivity contribution in [2.75, 3.05) is 6.61 Å². The van der Waals surface area contributed by atoms with E-state index >= 15 is 0 Å². The summed E-state index contributed by atoms with van der Waals surface area (Å²) in [6.07, 6.45) is 4.14. The summed E-state index contributed by atoms with van der Waals surface area (Å²) in [6, 6.07) is 5.36. The van der Waals surface area contributed by atoms with Crippen molar-refractivity contribution in [3.8, 4) is 0 Å². The molecule has 1 aromatic carbocycles. The molecular weight excluding hydrogens is 358 g/mol. The van der Waals surface area contributed by atoms with Crippen LogP contribution in [0.1, 0.15) is 78.2 Å². The normalized spacial score (nSPS) is 26.3. The van der Waals surface area contributed by atoms with E-state index in [4.69, 9.17) is 14.0 Å². The number of halogens is 1. The third kappa shape index (κ3) is 4.43. The maximum absolute atomic E-state index is 14.9. The Balaban J connectivity index is 1.62. The summed E-state index contributed by atoms with van der Waals surface area (Å²) >= 11 is 0. The molecule has 1 heterocycles. The molecular formula is C22H32BFO4. The highest BCUT2D eigenvalue weighted by Crippen LogP contribution is 2.39. The van der Waals surface area contributed by atoms with E-state index in [1.165, 1.54) is 0 Å². The quantitative estimate of drug-likeness (QED) is 0.554. The first kappa shape index (κ1) is 21.3. The second-order valence-electron chi connectivity index (χ2n) is 9.10. The monoisotopic (exact) mass is 390 g/mol. The molecule has 3 rings (SSSR count). The zero-order chi connectivity index (χ0) is 20.5. The van der Waals surface area contributed by atoms with Crippen LogP contribution in [0, 0.1) is 11.7 Å². The van der Waals surface area contributed by atoms with Gasteiger partial charge in [0, 0.05) is 6.42 Å². The van der Waals surface area contributed by atoms with Gasteiger partial charge in [0.05, 0.1) is 17.8 Å². The minimum atomic E-state index is -0.547. The number of ether oxygens (including phenoxy) is 1. The van der Waals surface area contributed by atoms with Crippen LogP contribution >= 0.6 is 0 Å². The van der Waals surface area contributed by atoms with Crippen molar-refractivity contribution in [1.82, 2.24) is 0 Å². The van der Waals surface area contributed by atoms with E-state index in [2.05, 4.69) is 0 Å². The van der Waals surface area contributed by atoms with Crippen LogP contribution in [-0.4, -0.2) is 30.9 Å². The van der Waals surface area contributed by atoms with Crippen LogP contribution in [0.2, 0.25) is 0 Å². The molecule has 1 aliphatic carbocycles. The molecule has 0 unspecified atom stereocenters. The van der Waals surface area contributed by atoms with Gasteiger partial charge in [-0.25, -0.2) is 4.39 Å². The smallest absolute Gasteiger partial charge is 0.466 e. The Labute approximate surface area is 168 Å². The molecule has 0 aromatic heterocycles. The van der Waals surface area contributed by atoms with Gasteiger partial charge in [-0.3, -0.25) is 4.79 Å². The Morgan fingerprint density at radius 2 is 1.75 bits per heavy atom. The van der Waals surface area contributed by atoms with Gasteiger partial charge in [0.15, 0.2) is 0 Å². The summed E-state index contributed by atoms with van der Waals surface area (Å²) in [7, 11) is -0.547. The van der Waals surface area contributed by atoms with E-state index in [0.717, 1.165) is 36.7 Å². The minimum absolute atomic E-state index is 0.121. The number of carbonyl (C=O) groups is 1. The molecule has 6 heteroatoms. The van der Waals surface area contributed by atoms with Crippen LogP contribution in [0.15, 0.2) is 18.2 Å². The first-order valence-corrected chi connectivity index (χ1v) is 10.4. The third-order valence-electron chi connectivity index (χ3n) is 6.60. The molecule has 0 bridgehead atoms. The SMILES string of the molecule is CCOC(=O)C[C@H]1CC[C@H](c2ccc(B3OC(C)(C)C(C)(C)O3)cc2F)CC1. The predicted molar refractivity (Wildman–Crippen MR) is 108 cm³/mol. The zero-order valence-corrected chi connectivity index (χ0v) is 17.7. The average Bonchev–Trinajstić information content (AvgIpc) is 2.83. The Morgan fingerprint density at radius 3 is 2.29 bits per heavy atom. The molecule has 0 spiro atoms. The number of rotatable bonds is 5. The van der Waals surface area contributed by atoms with Crippen LogP contribution < -0.4 is 5.46 Å². The van der Waals surface area contributed by atoms with Crippen LogP contribution in [-0.2, 0) is 18.8 Å². The van der Waals surface area contributed by atoms with Gasteiger partial charge in [-0.2, -0.15) is 0 Å². The lowest BCUT2D eigenvalue weighted by atomic mass is 9.75. The fourth-order valence-electron chi connectivity index (χ4n) is 4.13. The van der Waals surface area contributed by atoms with Crippen molar-refractivity contribution < 1.29 is 23.2 Å². The van der Waals surface area contributed by atoms with Crippen LogP contribution in [0.5, 0.6) is 0 Å². The second kappa shape index (κ2) is 8.15. The van der Waals surface area contributed by atoms with Gasteiger partial charge in [0.1, 0.15) is 5.82 Å². The van der Waals surface area contributed by atoms with Crippen molar-refractivity contribution >= 4 is 18.6 Å². The number of hydrogen-bond donors (Lipinski definition) is 0. The highest BCUT2D eigenvalue weighted by atomic mass is 19.1. The predicted octanol–water partition coefficient (Wildman–Crippen LogP) is 4.35. The van der Waals surface area contributed by atoms with E-state index in [0.29, 0.717) is 18.9 Å². The fourth-order valence-corrected chi connectivity index (χ4v) is 4.13. The minimum Gasteiger partial charge on any atom is -0.466 e. The largest absolute Gasteiger partial charge is 0.494 e. The topological polar surface area (TPSA) is 44.8 Å². The Bertz CT molecular complexity index is 694. The molecule has 2 aliphatic rings. The molecule has 0 radical (unpaired) electrons. The van der Waals surface area contributed by atoms with Gasteiger partial charge in [-0.1, -0.05) is 12.1 Å². The number of esters is 1. The van der Waals surface area contributed by atoms with Gasteiger partial charge in [-0.05, 0) is 89.2 Å². The van der Waals surface area contributed by atoms with E-state index in [1.807, 2.05) is 46.8 Å². The highest BCUT2D eigenvalue weighted by molar-refractivity contribution is 6.62. The lowest BCUT2D eigenvalue weighted by Crippen LogP contribution is -2.41. The van der Waals surface area contributed by atoms with Crippen LogP contribution in [0.25, 0.3) is 0 Å². The lowest BCUT2D eigenvalue weighted by Gasteiger charge is -2.32. The molecule has 2 fully saturated rings. The highest BCUT2D eigenvalue weighted by Gasteiger charge is 2.51. The van der Waals surface area contributed by atoms with Gasteiger partial charge >= 0.3 is 13.1 Å². The standard InChI is InChI=1S/C22H32BFO4/c1-6-26-20(25)13-15-7-9-16(10-8-15)18-12-11-17(14-19(18)24)23-27-21(2,3)22(4,5)28-23/h11-12,14-16H,6-10,13H2,1-5H3/t15-,16-.